The van der Waals surface area contributed by atoms with E-state index in [-0.39, 0.29) is 17.7 Å². The van der Waals surface area contributed by atoms with Gasteiger partial charge in [0.15, 0.2) is 5.96 Å². The van der Waals surface area contributed by atoms with E-state index < -0.39 is 0 Å². The molecule has 0 aliphatic carbocycles. The first-order valence-electron chi connectivity index (χ1n) is 9.87. The zero-order valence-corrected chi connectivity index (χ0v) is 16.9. The molecule has 1 aliphatic heterocycles. The maximum atomic E-state index is 12.4. The van der Waals surface area contributed by atoms with Gasteiger partial charge in [0.05, 0.1) is 13.2 Å². The number of phenols is 1. The number of benzene rings is 2. The first-order chi connectivity index (χ1) is 14.1. The lowest BCUT2D eigenvalue weighted by Crippen LogP contribution is -2.44. The molecule has 1 atom stereocenters. The van der Waals surface area contributed by atoms with Gasteiger partial charge < -0.3 is 25.4 Å². The summed E-state index contributed by atoms with van der Waals surface area (Å²) in [5.41, 5.74) is 1.73. The van der Waals surface area contributed by atoms with Crippen LogP contribution in [0.25, 0.3) is 0 Å². The molecule has 2 aromatic rings. The number of aliphatic imine (C=N–C) groups is 1. The summed E-state index contributed by atoms with van der Waals surface area (Å²) >= 11 is 0. The summed E-state index contributed by atoms with van der Waals surface area (Å²) in [6.07, 6.45) is 1.03. The Labute approximate surface area is 171 Å². The van der Waals surface area contributed by atoms with E-state index in [1.54, 1.807) is 18.1 Å². The minimum Gasteiger partial charge on any atom is -0.508 e. The van der Waals surface area contributed by atoms with Crippen LogP contribution < -0.4 is 20.3 Å². The average molecular weight is 396 g/mol. The van der Waals surface area contributed by atoms with Crippen molar-refractivity contribution in [2.24, 2.45) is 4.99 Å². The van der Waals surface area contributed by atoms with E-state index in [0.717, 1.165) is 17.8 Å². The van der Waals surface area contributed by atoms with Crippen molar-refractivity contribution in [1.29, 1.82) is 0 Å². The predicted molar refractivity (Wildman–Crippen MR) is 115 cm³/mol. The molecule has 0 bridgehead atoms. The number of phenolic OH excluding ortho intramolecular Hbond substituents is 1. The Bertz CT molecular complexity index is 854. The van der Waals surface area contributed by atoms with Gasteiger partial charge in [-0.05, 0) is 37.1 Å². The molecule has 29 heavy (non-hydrogen) atoms. The molecule has 1 saturated heterocycles. The van der Waals surface area contributed by atoms with E-state index in [1.165, 1.54) is 0 Å². The van der Waals surface area contributed by atoms with Gasteiger partial charge in [-0.3, -0.25) is 9.79 Å². The molecule has 0 aromatic heterocycles. The third-order valence-electron chi connectivity index (χ3n) is 4.82. The van der Waals surface area contributed by atoms with Crippen molar-refractivity contribution < 1.29 is 14.6 Å². The van der Waals surface area contributed by atoms with Crippen LogP contribution in [0.3, 0.4) is 0 Å². The van der Waals surface area contributed by atoms with Gasteiger partial charge in [-0.15, -0.1) is 0 Å². The number of para-hydroxylation sites is 1. The van der Waals surface area contributed by atoms with Gasteiger partial charge in [-0.2, -0.15) is 0 Å². The summed E-state index contributed by atoms with van der Waals surface area (Å²) in [5, 5.41) is 16.7. The Kier molecular flexibility index (Phi) is 6.94. The monoisotopic (exact) mass is 396 g/mol. The minimum atomic E-state index is -0.00473. The van der Waals surface area contributed by atoms with Gasteiger partial charge in [-0.25, -0.2) is 0 Å². The molecule has 3 N–H and O–H groups in total. The smallest absolute Gasteiger partial charge is 0.229 e. The number of nitrogens with zero attached hydrogens (tertiary/aromatic N) is 2. The predicted octanol–water partition coefficient (Wildman–Crippen LogP) is 2.30. The Hall–Kier alpha value is -3.22. The number of amides is 1. The van der Waals surface area contributed by atoms with E-state index in [0.29, 0.717) is 37.6 Å². The number of hydrogen-bond acceptors (Lipinski definition) is 4. The van der Waals surface area contributed by atoms with Crippen molar-refractivity contribution in [3.05, 3.63) is 54.1 Å². The Morgan fingerprint density at radius 2 is 2.07 bits per heavy atom. The van der Waals surface area contributed by atoms with E-state index in [4.69, 9.17) is 4.74 Å². The third kappa shape index (κ3) is 5.40. The molecule has 0 saturated carbocycles. The summed E-state index contributed by atoms with van der Waals surface area (Å²) in [5.74, 6) is 1.61. The minimum absolute atomic E-state index is 0.00473. The first-order valence-corrected chi connectivity index (χ1v) is 9.87. The zero-order valence-electron chi connectivity index (χ0n) is 16.9. The average Bonchev–Trinajstić information content (AvgIpc) is 3.10. The molecule has 2 aromatic carbocycles. The third-order valence-corrected chi connectivity index (χ3v) is 4.82. The number of methoxy groups -OCH3 is 1. The summed E-state index contributed by atoms with van der Waals surface area (Å²) in [6.45, 7) is 3.84. The number of rotatable bonds is 7. The van der Waals surface area contributed by atoms with E-state index in [1.807, 2.05) is 49.4 Å². The van der Waals surface area contributed by atoms with Crippen LogP contribution in [0.4, 0.5) is 5.69 Å². The maximum Gasteiger partial charge on any atom is 0.229 e. The molecule has 7 heteroatoms. The van der Waals surface area contributed by atoms with Crippen molar-refractivity contribution in [2.75, 3.05) is 31.6 Å². The van der Waals surface area contributed by atoms with Gasteiger partial charge in [0.25, 0.3) is 0 Å². The van der Waals surface area contributed by atoms with Gasteiger partial charge in [0.1, 0.15) is 11.5 Å². The first kappa shape index (κ1) is 20.5. The Morgan fingerprint density at radius 1 is 1.28 bits per heavy atom. The number of ether oxygens (including phenoxy) is 1. The molecular formula is C22H28N4O3. The quantitative estimate of drug-likeness (QED) is 0.494. The van der Waals surface area contributed by atoms with Crippen LogP contribution in [-0.4, -0.2) is 49.8 Å². The fourth-order valence-corrected chi connectivity index (χ4v) is 3.35. The molecule has 1 heterocycles. The fraction of sp³-hybridized carbons (Fsp3) is 0.364. The molecule has 7 nitrogen and oxygen atoms in total. The summed E-state index contributed by atoms with van der Waals surface area (Å²) in [4.78, 5) is 18.8. The molecule has 1 fully saturated rings. The molecular weight excluding hydrogens is 368 g/mol. The molecule has 1 unspecified atom stereocenters. The second-order valence-corrected chi connectivity index (χ2v) is 6.89. The van der Waals surface area contributed by atoms with E-state index >= 15 is 0 Å². The van der Waals surface area contributed by atoms with Crippen LogP contribution in [0.15, 0.2) is 53.5 Å². The van der Waals surface area contributed by atoms with Gasteiger partial charge in [-0.1, -0.05) is 24.3 Å². The number of nitrogens with one attached hydrogen (secondary N) is 2. The number of hydrogen-bond donors (Lipinski definition) is 3. The number of carbonyl (C=O) groups excluding carboxylic acids is 1. The molecule has 154 valence electrons. The lowest BCUT2D eigenvalue weighted by Gasteiger charge is -2.19. The zero-order chi connectivity index (χ0) is 20.6. The Morgan fingerprint density at radius 3 is 2.76 bits per heavy atom. The SMILES string of the molecule is CCNC(=NCCc1ccc(OC)cc1O)NC1CC(=O)N(c2ccccc2)C1. The highest BCUT2D eigenvalue weighted by atomic mass is 16.5. The van der Waals surface area contributed by atoms with Gasteiger partial charge in [0.2, 0.25) is 5.91 Å². The van der Waals surface area contributed by atoms with Gasteiger partial charge >= 0.3 is 0 Å². The summed E-state index contributed by atoms with van der Waals surface area (Å²) < 4.78 is 5.11. The summed E-state index contributed by atoms with van der Waals surface area (Å²) in [6, 6.07) is 15.0. The van der Waals surface area contributed by atoms with Crippen LogP contribution in [0, 0.1) is 0 Å². The largest absolute Gasteiger partial charge is 0.508 e. The van der Waals surface area contributed by atoms with Crippen molar-refractivity contribution in [3.63, 3.8) is 0 Å². The van der Waals surface area contributed by atoms with Crippen LogP contribution in [0.1, 0.15) is 18.9 Å². The second-order valence-electron chi connectivity index (χ2n) is 6.89. The highest BCUT2D eigenvalue weighted by Gasteiger charge is 2.31. The van der Waals surface area contributed by atoms with Crippen LogP contribution in [-0.2, 0) is 11.2 Å². The number of aromatic hydroxyl groups is 1. The topological polar surface area (TPSA) is 86.2 Å². The van der Waals surface area contributed by atoms with Crippen molar-refractivity contribution in [3.8, 4) is 11.5 Å². The number of carbonyl (C=O) groups is 1. The summed E-state index contributed by atoms with van der Waals surface area (Å²) in [7, 11) is 1.57. The van der Waals surface area contributed by atoms with Gasteiger partial charge in [0, 0.05) is 37.8 Å². The van der Waals surface area contributed by atoms with Crippen LogP contribution >= 0.6 is 0 Å². The van der Waals surface area contributed by atoms with Crippen LogP contribution in [0.2, 0.25) is 0 Å². The maximum absolute atomic E-state index is 12.4. The molecule has 0 spiro atoms. The second kappa shape index (κ2) is 9.82. The Balaban J connectivity index is 1.59. The molecule has 1 amide bonds. The van der Waals surface area contributed by atoms with Crippen molar-refractivity contribution in [1.82, 2.24) is 10.6 Å². The molecule has 3 rings (SSSR count). The van der Waals surface area contributed by atoms with Crippen molar-refractivity contribution >= 4 is 17.6 Å². The number of guanidine groups is 1. The molecule has 0 radical (unpaired) electrons. The van der Waals surface area contributed by atoms with E-state index in [2.05, 4.69) is 15.6 Å². The molecule has 1 aliphatic rings. The number of anilines is 1. The lowest BCUT2D eigenvalue weighted by atomic mass is 10.1. The highest BCUT2D eigenvalue weighted by molar-refractivity contribution is 5.97. The normalized spacial score (nSPS) is 16.8. The van der Waals surface area contributed by atoms with Crippen molar-refractivity contribution in [2.45, 2.75) is 25.8 Å². The standard InChI is InChI=1S/C22H28N4O3/c1-3-23-22(24-12-11-16-9-10-19(29-2)14-20(16)27)25-17-13-21(28)26(15-17)18-7-5-4-6-8-18/h4-10,14,17,27H,3,11-13,15H2,1-2H3,(H2,23,24,25). The lowest BCUT2D eigenvalue weighted by molar-refractivity contribution is -0.117. The highest BCUT2D eigenvalue weighted by Crippen LogP contribution is 2.24. The van der Waals surface area contributed by atoms with E-state index in [9.17, 15) is 9.90 Å². The van der Waals surface area contributed by atoms with Crippen LogP contribution in [0.5, 0.6) is 11.5 Å². The fourth-order valence-electron chi connectivity index (χ4n) is 3.35.